The molecule has 0 aliphatic heterocycles. The van der Waals surface area contributed by atoms with Crippen LogP contribution in [0.2, 0.25) is 0 Å². The van der Waals surface area contributed by atoms with Crippen LogP contribution in [0.5, 0.6) is 5.75 Å². The van der Waals surface area contributed by atoms with Gasteiger partial charge in [-0.05, 0) is 73.0 Å². The Kier molecular flexibility index (Phi) is 6.33. The Morgan fingerprint density at radius 2 is 1.97 bits per heavy atom. The van der Waals surface area contributed by atoms with Gasteiger partial charge >= 0.3 is 0 Å². The van der Waals surface area contributed by atoms with E-state index < -0.39 is 0 Å². The Balaban J connectivity index is 1.69. The third-order valence-corrected chi connectivity index (χ3v) is 7.89. The molecule has 0 aromatic heterocycles. The first-order chi connectivity index (χ1) is 14.5. The van der Waals surface area contributed by atoms with Crippen LogP contribution in [0.25, 0.3) is 0 Å². The number of ether oxygens (including phenoxy) is 4. The van der Waals surface area contributed by atoms with Crippen LogP contribution >= 0.6 is 0 Å². The third-order valence-electron chi connectivity index (χ3n) is 7.89. The Morgan fingerprint density at radius 1 is 1.17 bits per heavy atom. The molecule has 1 aromatic carbocycles. The van der Waals surface area contributed by atoms with Gasteiger partial charge in [0.1, 0.15) is 12.5 Å². The molecule has 3 aliphatic carbocycles. The number of benzene rings is 1. The monoisotopic (exact) mass is 414 g/mol. The van der Waals surface area contributed by atoms with Crippen LogP contribution in [0, 0.1) is 23.2 Å². The van der Waals surface area contributed by atoms with Crippen molar-refractivity contribution in [2.24, 2.45) is 23.2 Å². The van der Waals surface area contributed by atoms with Crippen LogP contribution in [0.3, 0.4) is 0 Å². The summed E-state index contributed by atoms with van der Waals surface area (Å²) in [7, 11) is 3.27. The fourth-order valence-corrected chi connectivity index (χ4v) is 6.60. The molecule has 164 valence electrons. The van der Waals surface area contributed by atoms with Gasteiger partial charge in [-0.3, -0.25) is 4.79 Å². The molecule has 3 aliphatic rings. The highest BCUT2D eigenvalue weighted by atomic mass is 16.7. The second kappa shape index (κ2) is 8.81. The van der Waals surface area contributed by atoms with Gasteiger partial charge in [0.25, 0.3) is 0 Å². The number of ketones is 1. The van der Waals surface area contributed by atoms with Crippen LogP contribution in [-0.2, 0) is 14.2 Å². The lowest BCUT2D eigenvalue weighted by Gasteiger charge is -2.52. The molecule has 0 spiro atoms. The molecule has 5 heteroatoms. The van der Waals surface area contributed by atoms with E-state index in [1.807, 2.05) is 18.2 Å². The van der Waals surface area contributed by atoms with E-state index >= 15 is 0 Å². The first-order valence-corrected chi connectivity index (χ1v) is 11.1. The van der Waals surface area contributed by atoms with Crippen LogP contribution in [0.4, 0.5) is 0 Å². The summed E-state index contributed by atoms with van der Waals surface area (Å²) in [6.07, 6.45) is 7.18. The van der Waals surface area contributed by atoms with Crippen molar-refractivity contribution in [2.75, 3.05) is 27.8 Å². The molecule has 5 nitrogen and oxygen atoms in total. The van der Waals surface area contributed by atoms with E-state index in [0.29, 0.717) is 30.3 Å². The maximum Gasteiger partial charge on any atom is 0.188 e. The molecule has 30 heavy (non-hydrogen) atoms. The van der Waals surface area contributed by atoms with Crippen molar-refractivity contribution in [3.05, 3.63) is 42.0 Å². The maximum absolute atomic E-state index is 13.6. The topological polar surface area (TPSA) is 54.0 Å². The minimum absolute atomic E-state index is 0.0246. The number of carbonyl (C=O) groups excluding carboxylic acids is 1. The molecule has 0 bridgehead atoms. The summed E-state index contributed by atoms with van der Waals surface area (Å²) in [6.45, 7) is 6.85. The van der Waals surface area contributed by atoms with E-state index in [1.165, 1.54) is 5.56 Å². The maximum atomic E-state index is 13.6. The first kappa shape index (κ1) is 21.5. The summed E-state index contributed by atoms with van der Waals surface area (Å²) in [4.78, 5) is 13.6. The average Bonchev–Trinajstić information content (AvgIpc) is 3.09. The van der Waals surface area contributed by atoms with Gasteiger partial charge in [-0.25, -0.2) is 0 Å². The van der Waals surface area contributed by atoms with Gasteiger partial charge in [0.15, 0.2) is 12.6 Å². The minimum atomic E-state index is -0.0246. The van der Waals surface area contributed by atoms with Gasteiger partial charge in [0, 0.05) is 25.7 Å². The number of Topliss-reactive ketones (excluding diaryl/α,β-unsaturated/α-hetero) is 1. The number of rotatable bonds is 8. The fourth-order valence-electron chi connectivity index (χ4n) is 6.60. The van der Waals surface area contributed by atoms with E-state index in [9.17, 15) is 4.79 Å². The molecule has 0 radical (unpaired) electrons. The molecule has 0 N–H and O–H groups in total. The quantitative estimate of drug-likeness (QED) is 0.445. The van der Waals surface area contributed by atoms with Gasteiger partial charge in [0.2, 0.25) is 0 Å². The number of methoxy groups -OCH3 is 2. The second-order valence-corrected chi connectivity index (χ2v) is 9.27. The minimum Gasteiger partial charge on any atom is -0.468 e. The third kappa shape index (κ3) is 3.51. The summed E-state index contributed by atoms with van der Waals surface area (Å²) in [5, 5.41) is 0. The predicted octanol–water partition coefficient (Wildman–Crippen LogP) is 4.96. The zero-order valence-corrected chi connectivity index (χ0v) is 18.4. The largest absolute Gasteiger partial charge is 0.468 e. The zero-order chi connectivity index (χ0) is 21.3. The van der Waals surface area contributed by atoms with Crippen molar-refractivity contribution in [3.63, 3.8) is 0 Å². The highest BCUT2D eigenvalue weighted by Crippen LogP contribution is 2.63. The van der Waals surface area contributed by atoms with Crippen molar-refractivity contribution in [1.82, 2.24) is 0 Å². The Morgan fingerprint density at radius 3 is 2.70 bits per heavy atom. The van der Waals surface area contributed by atoms with Gasteiger partial charge in [0.05, 0.1) is 6.10 Å². The number of hydrogen-bond acceptors (Lipinski definition) is 5. The smallest absolute Gasteiger partial charge is 0.188 e. The Bertz CT molecular complexity index is 790. The van der Waals surface area contributed by atoms with Gasteiger partial charge in [-0.2, -0.15) is 0 Å². The molecule has 2 saturated carbocycles. The highest BCUT2D eigenvalue weighted by molar-refractivity contribution is 6.01. The van der Waals surface area contributed by atoms with E-state index in [-0.39, 0.29) is 30.0 Å². The summed E-state index contributed by atoms with van der Waals surface area (Å²) < 4.78 is 21.9. The zero-order valence-electron chi connectivity index (χ0n) is 18.4. The molecule has 4 rings (SSSR count). The molecule has 0 heterocycles. The van der Waals surface area contributed by atoms with Crippen LogP contribution < -0.4 is 4.74 Å². The number of allylic oxidation sites excluding steroid dienone is 1. The molecule has 6 atom stereocenters. The summed E-state index contributed by atoms with van der Waals surface area (Å²) >= 11 is 0. The average molecular weight is 415 g/mol. The van der Waals surface area contributed by atoms with Crippen molar-refractivity contribution in [2.45, 2.75) is 51.0 Å². The fraction of sp³-hybridized carbons (Fsp3) is 0.640. The molecule has 1 aromatic rings. The van der Waals surface area contributed by atoms with E-state index in [1.54, 1.807) is 14.2 Å². The normalized spacial score (nSPS) is 34.8. The SMILES string of the molecule is C=CC[C@@H]1C(=O)c2cc(OCOC)ccc2[C@H]2CC[C@]3(C)[C@@H](OCOC)CC[C@H]3[C@H]12. The standard InChI is InChI=1S/C25H34O5/c1-5-6-19-23-18(11-12-25(2)21(23)9-10-22(25)30-15-28-4)17-8-7-16(29-14-27-3)13-20(17)24(19)26/h5,7-8,13,18-19,21-23H,1,6,9-12,14-15H2,2-4H3/t18-,19+,21+,22+,23+,25+/m1/s1. The van der Waals surface area contributed by atoms with Gasteiger partial charge in [-0.15, -0.1) is 6.58 Å². The van der Waals surface area contributed by atoms with Crippen molar-refractivity contribution in [3.8, 4) is 5.75 Å². The Hall–Kier alpha value is -1.69. The molecule has 0 amide bonds. The summed E-state index contributed by atoms with van der Waals surface area (Å²) in [6, 6.07) is 6.00. The lowest BCUT2D eigenvalue weighted by Crippen LogP contribution is -2.49. The second-order valence-electron chi connectivity index (χ2n) is 9.27. The van der Waals surface area contributed by atoms with Crippen molar-refractivity contribution in [1.29, 1.82) is 0 Å². The lowest BCUT2D eigenvalue weighted by atomic mass is 9.52. The molecule has 0 unspecified atom stereocenters. The first-order valence-electron chi connectivity index (χ1n) is 11.1. The molecular weight excluding hydrogens is 380 g/mol. The molecule has 2 fully saturated rings. The van der Waals surface area contributed by atoms with E-state index in [0.717, 1.165) is 37.7 Å². The van der Waals surface area contributed by atoms with E-state index in [2.05, 4.69) is 19.6 Å². The van der Waals surface area contributed by atoms with Gasteiger partial charge < -0.3 is 18.9 Å². The predicted molar refractivity (Wildman–Crippen MR) is 115 cm³/mol. The van der Waals surface area contributed by atoms with Crippen molar-refractivity contribution >= 4 is 5.78 Å². The van der Waals surface area contributed by atoms with Crippen LogP contribution in [0.15, 0.2) is 30.9 Å². The summed E-state index contributed by atoms with van der Waals surface area (Å²) in [5.41, 5.74) is 2.11. The lowest BCUT2D eigenvalue weighted by molar-refractivity contribution is -0.127. The van der Waals surface area contributed by atoms with Crippen LogP contribution in [0.1, 0.15) is 60.9 Å². The van der Waals surface area contributed by atoms with E-state index in [4.69, 9.17) is 18.9 Å². The Labute approximate surface area is 179 Å². The van der Waals surface area contributed by atoms with Gasteiger partial charge in [-0.1, -0.05) is 19.1 Å². The highest BCUT2D eigenvalue weighted by Gasteiger charge is 2.58. The number of carbonyl (C=O) groups is 1. The summed E-state index contributed by atoms with van der Waals surface area (Å²) in [5.74, 6) is 2.11. The number of hydrogen-bond donors (Lipinski definition) is 0. The molecule has 0 saturated heterocycles. The van der Waals surface area contributed by atoms with Crippen molar-refractivity contribution < 1.29 is 23.7 Å². The molecular formula is C25H34O5. The number of fused-ring (bicyclic) bond motifs is 5. The van der Waals surface area contributed by atoms with Crippen LogP contribution in [-0.4, -0.2) is 39.7 Å².